The van der Waals surface area contributed by atoms with Gasteiger partial charge in [-0.25, -0.2) is 4.79 Å². The van der Waals surface area contributed by atoms with Crippen LogP contribution >= 0.6 is 0 Å². The molecule has 4 N–H and O–H groups in total. The Hall–Kier alpha value is -4.34. The monoisotopic (exact) mass is 478 g/mol. The Morgan fingerprint density at radius 2 is 1.71 bits per heavy atom. The summed E-state index contributed by atoms with van der Waals surface area (Å²) in [6.07, 6.45) is 0. The highest BCUT2D eigenvalue weighted by molar-refractivity contribution is 5.98. The van der Waals surface area contributed by atoms with Gasteiger partial charge in [0, 0.05) is 31.4 Å². The molecule has 2 aromatic carbocycles. The topological polar surface area (TPSA) is 134 Å². The maximum Gasteiger partial charge on any atom is 0.330 e. The number of rotatable bonds is 9. The van der Waals surface area contributed by atoms with Gasteiger partial charge in [0.05, 0.1) is 13.1 Å². The van der Waals surface area contributed by atoms with E-state index in [-0.39, 0.29) is 30.5 Å². The molecule has 0 spiro atoms. The fourth-order valence-electron chi connectivity index (χ4n) is 3.79. The first-order valence-corrected chi connectivity index (χ1v) is 11.3. The Balaban J connectivity index is 1.77. The number of hydrogen-bond acceptors (Lipinski definition) is 6. The molecule has 10 nitrogen and oxygen atoms in total. The molecule has 0 fully saturated rings. The van der Waals surface area contributed by atoms with Crippen molar-refractivity contribution in [1.29, 1.82) is 0 Å². The molecule has 0 unspecified atom stereocenters. The van der Waals surface area contributed by atoms with Crippen LogP contribution in [0.5, 0.6) is 0 Å². The number of aromatic amines is 1. The van der Waals surface area contributed by atoms with Crippen molar-refractivity contribution in [3.8, 4) is 0 Å². The van der Waals surface area contributed by atoms with E-state index in [1.807, 2.05) is 44.2 Å². The quantitative estimate of drug-likeness (QED) is 0.429. The van der Waals surface area contributed by atoms with Crippen LogP contribution in [0.1, 0.15) is 29.8 Å². The summed E-state index contributed by atoms with van der Waals surface area (Å²) in [4.78, 5) is 55.6. The Labute approximate surface area is 203 Å². The van der Waals surface area contributed by atoms with E-state index in [9.17, 15) is 19.2 Å². The standard InChI is InChI=1S/C25H30N6O4/c1-4-30(5-2)24(34)18-12-9-13-19(14-18)27-20(32)16-29(3)21-22(26)31(25(35)28-23(21)33)15-17-10-7-6-8-11-17/h6-14H,4-5,15-16,26H2,1-3H3,(H,27,32)(H,28,33,35). The van der Waals surface area contributed by atoms with E-state index in [4.69, 9.17) is 5.73 Å². The molecule has 0 saturated carbocycles. The van der Waals surface area contributed by atoms with Gasteiger partial charge in [0.15, 0.2) is 0 Å². The normalized spacial score (nSPS) is 10.6. The lowest BCUT2D eigenvalue weighted by Gasteiger charge is -2.22. The SMILES string of the molecule is CCN(CC)C(=O)c1cccc(NC(=O)CN(C)c2c(N)n(Cc3ccccc3)c(=O)[nH]c2=O)c1. The van der Waals surface area contributed by atoms with Crippen LogP contribution in [0.15, 0.2) is 64.2 Å². The van der Waals surface area contributed by atoms with Crippen LogP contribution in [0.3, 0.4) is 0 Å². The molecule has 3 aromatic rings. The summed E-state index contributed by atoms with van der Waals surface area (Å²) < 4.78 is 1.25. The van der Waals surface area contributed by atoms with Crippen molar-refractivity contribution in [2.45, 2.75) is 20.4 Å². The summed E-state index contributed by atoms with van der Waals surface area (Å²) in [7, 11) is 1.54. The zero-order valence-corrected chi connectivity index (χ0v) is 20.1. The molecular weight excluding hydrogens is 448 g/mol. The Morgan fingerprint density at radius 3 is 2.37 bits per heavy atom. The first-order valence-electron chi connectivity index (χ1n) is 11.3. The molecule has 0 aliphatic rings. The Kier molecular flexibility index (Phi) is 8.08. The van der Waals surface area contributed by atoms with Gasteiger partial charge in [-0.2, -0.15) is 0 Å². The lowest BCUT2D eigenvalue weighted by atomic mass is 10.1. The van der Waals surface area contributed by atoms with E-state index >= 15 is 0 Å². The van der Waals surface area contributed by atoms with Crippen molar-refractivity contribution in [1.82, 2.24) is 14.5 Å². The average molecular weight is 479 g/mol. The van der Waals surface area contributed by atoms with Crippen molar-refractivity contribution in [2.24, 2.45) is 0 Å². The number of nitrogens with zero attached hydrogens (tertiary/aromatic N) is 3. The van der Waals surface area contributed by atoms with Gasteiger partial charge < -0.3 is 20.9 Å². The summed E-state index contributed by atoms with van der Waals surface area (Å²) in [5, 5.41) is 2.74. The van der Waals surface area contributed by atoms with Crippen LogP contribution < -0.4 is 27.2 Å². The third-order valence-corrected chi connectivity index (χ3v) is 5.60. The highest BCUT2D eigenvalue weighted by Gasteiger charge is 2.19. The number of carbonyl (C=O) groups is 2. The number of nitrogens with two attached hydrogens (primary N) is 1. The van der Waals surface area contributed by atoms with Crippen molar-refractivity contribution in [2.75, 3.05) is 42.6 Å². The molecule has 0 aliphatic heterocycles. The molecule has 1 aromatic heterocycles. The summed E-state index contributed by atoms with van der Waals surface area (Å²) in [6.45, 7) is 4.93. The third-order valence-electron chi connectivity index (χ3n) is 5.60. The summed E-state index contributed by atoms with van der Waals surface area (Å²) in [5.41, 5.74) is 6.65. The van der Waals surface area contributed by atoms with Gasteiger partial charge in [0.2, 0.25) is 5.91 Å². The van der Waals surface area contributed by atoms with Crippen LogP contribution in [0.25, 0.3) is 0 Å². The lowest BCUT2D eigenvalue weighted by molar-refractivity contribution is -0.114. The molecule has 2 amide bonds. The number of H-pyrrole nitrogens is 1. The fraction of sp³-hybridized carbons (Fsp3) is 0.280. The zero-order chi connectivity index (χ0) is 25.5. The van der Waals surface area contributed by atoms with Gasteiger partial charge in [0.1, 0.15) is 11.5 Å². The molecule has 35 heavy (non-hydrogen) atoms. The molecule has 184 valence electrons. The third kappa shape index (κ3) is 5.97. The predicted octanol–water partition coefficient (Wildman–Crippen LogP) is 1.72. The number of carbonyl (C=O) groups excluding carboxylic acids is 2. The number of anilines is 3. The van der Waals surface area contributed by atoms with Crippen molar-refractivity contribution < 1.29 is 9.59 Å². The Morgan fingerprint density at radius 1 is 1.03 bits per heavy atom. The fourth-order valence-corrected chi connectivity index (χ4v) is 3.79. The van der Waals surface area contributed by atoms with Gasteiger partial charge in [-0.1, -0.05) is 36.4 Å². The van der Waals surface area contributed by atoms with Gasteiger partial charge in [-0.15, -0.1) is 0 Å². The molecule has 3 rings (SSSR count). The molecule has 0 radical (unpaired) electrons. The molecule has 0 atom stereocenters. The maximum atomic E-state index is 12.7. The number of nitrogens with one attached hydrogen (secondary N) is 2. The van der Waals surface area contributed by atoms with E-state index in [0.29, 0.717) is 24.3 Å². The molecular formula is C25H30N6O4. The van der Waals surface area contributed by atoms with Crippen LogP contribution in [-0.4, -0.2) is 52.9 Å². The molecule has 1 heterocycles. The minimum atomic E-state index is -0.682. The van der Waals surface area contributed by atoms with Crippen LogP contribution in [0, 0.1) is 0 Å². The predicted molar refractivity (Wildman–Crippen MR) is 137 cm³/mol. The van der Waals surface area contributed by atoms with E-state index in [2.05, 4.69) is 10.3 Å². The highest BCUT2D eigenvalue weighted by atomic mass is 16.2. The van der Waals surface area contributed by atoms with Crippen molar-refractivity contribution in [3.63, 3.8) is 0 Å². The van der Waals surface area contributed by atoms with Crippen molar-refractivity contribution >= 4 is 29.0 Å². The van der Waals surface area contributed by atoms with Gasteiger partial charge in [-0.05, 0) is 37.6 Å². The minimum absolute atomic E-state index is 0.0149. The Bertz CT molecular complexity index is 1310. The number of hydrogen-bond donors (Lipinski definition) is 3. The van der Waals surface area contributed by atoms with Crippen molar-refractivity contribution in [3.05, 3.63) is 86.6 Å². The number of amides is 2. The summed E-state index contributed by atoms with van der Waals surface area (Å²) in [6, 6.07) is 15.9. The molecule has 0 aliphatic carbocycles. The smallest absolute Gasteiger partial charge is 0.330 e. The minimum Gasteiger partial charge on any atom is -0.383 e. The highest BCUT2D eigenvalue weighted by Crippen LogP contribution is 2.17. The van der Waals surface area contributed by atoms with Crippen LogP contribution in [0.4, 0.5) is 17.2 Å². The number of likely N-dealkylation sites (N-methyl/N-ethyl adjacent to an activating group) is 1. The number of benzene rings is 2. The molecule has 10 heteroatoms. The maximum absolute atomic E-state index is 12.7. The second-order valence-electron chi connectivity index (χ2n) is 8.03. The number of aromatic nitrogens is 2. The second kappa shape index (κ2) is 11.2. The summed E-state index contributed by atoms with van der Waals surface area (Å²) in [5.74, 6) is -0.576. The van der Waals surface area contributed by atoms with Gasteiger partial charge >= 0.3 is 5.69 Å². The van der Waals surface area contributed by atoms with E-state index in [1.54, 1.807) is 29.2 Å². The largest absolute Gasteiger partial charge is 0.383 e. The zero-order valence-electron chi connectivity index (χ0n) is 20.1. The number of nitrogen functional groups attached to an aromatic ring is 1. The second-order valence-corrected chi connectivity index (χ2v) is 8.03. The van der Waals surface area contributed by atoms with Gasteiger partial charge in [-0.3, -0.25) is 23.9 Å². The average Bonchev–Trinajstić information content (AvgIpc) is 2.83. The molecule has 0 saturated heterocycles. The first-order chi connectivity index (χ1) is 16.7. The lowest BCUT2D eigenvalue weighted by Crippen LogP contribution is -2.39. The summed E-state index contributed by atoms with van der Waals surface area (Å²) >= 11 is 0. The van der Waals surface area contributed by atoms with E-state index in [0.717, 1.165) is 5.56 Å². The van der Waals surface area contributed by atoms with Crippen LogP contribution in [-0.2, 0) is 11.3 Å². The molecule has 0 bridgehead atoms. The van der Waals surface area contributed by atoms with Gasteiger partial charge in [0.25, 0.3) is 11.5 Å². The van der Waals surface area contributed by atoms with E-state index in [1.165, 1.54) is 16.5 Å². The van der Waals surface area contributed by atoms with Crippen LogP contribution in [0.2, 0.25) is 0 Å². The van der Waals surface area contributed by atoms with E-state index < -0.39 is 17.2 Å². The first kappa shape index (κ1) is 25.3.